The summed E-state index contributed by atoms with van der Waals surface area (Å²) in [5.74, 6) is 0.400. The zero-order valence-corrected chi connectivity index (χ0v) is 20.4. The highest BCUT2D eigenvalue weighted by molar-refractivity contribution is 7.89. The van der Waals surface area contributed by atoms with Crippen LogP contribution in [0.5, 0.6) is 23.0 Å². The van der Waals surface area contributed by atoms with Crippen LogP contribution in [-0.2, 0) is 16.4 Å². The summed E-state index contributed by atoms with van der Waals surface area (Å²) in [7, 11) is 0.634. The number of rotatable bonds is 9. The monoisotopic (exact) mass is 496 g/mol. The van der Waals surface area contributed by atoms with Gasteiger partial charge >= 0.3 is 0 Å². The van der Waals surface area contributed by atoms with Gasteiger partial charge in [-0.3, -0.25) is 4.98 Å². The molecule has 0 aliphatic carbocycles. The molecule has 9 heteroatoms. The van der Waals surface area contributed by atoms with Crippen molar-refractivity contribution < 1.29 is 27.0 Å². The van der Waals surface area contributed by atoms with Crippen molar-refractivity contribution in [2.75, 3.05) is 27.8 Å². The highest BCUT2D eigenvalue weighted by Crippen LogP contribution is 2.37. The first-order valence-corrected chi connectivity index (χ1v) is 12.3. The SMILES string of the molecule is COc1cc2nccc(Oc3ccc(S(=O)(=O)N(C)CCc4ccccc4)cc3F)c2cc1OC. The lowest BCUT2D eigenvalue weighted by atomic mass is 10.2. The number of halogens is 1. The summed E-state index contributed by atoms with van der Waals surface area (Å²) in [5.41, 5.74) is 1.59. The summed E-state index contributed by atoms with van der Waals surface area (Å²) in [4.78, 5) is 4.15. The number of hydrogen-bond donors (Lipinski definition) is 0. The van der Waals surface area contributed by atoms with Crippen LogP contribution in [0.25, 0.3) is 10.9 Å². The van der Waals surface area contributed by atoms with E-state index in [0.717, 1.165) is 11.6 Å². The number of likely N-dealkylation sites (N-methyl/N-ethyl adjacent to an activating group) is 1. The molecular weight excluding hydrogens is 471 g/mol. The van der Waals surface area contributed by atoms with E-state index in [9.17, 15) is 12.8 Å². The number of fused-ring (bicyclic) bond motifs is 1. The second-order valence-electron chi connectivity index (χ2n) is 7.79. The Labute approximate surface area is 203 Å². The number of ether oxygens (including phenoxy) is 3. The van der Waals surface area contributed by atoms with Crippen molar-refractivity contribution in [2.45, 2.75) is 11.3 Å². The largest absolute Gasteiger partial charge is 0.493 e. The number of sulfonamides is 1. The van der Waals surface area contributed by atoms with E-state index in [0.29, 0.717) is 34.6 Å². The smallest absolute Gasteiger partial charge is 0.242 e. The Morgan fingerprint density at radius 3 is 2.29 bits per heavy atom. The Balaban J connectivity index is 1.57. The van der Waals surface area contributed by atoms with Gasteiger partial charge in [0.25, 0.3) is 0 Å². The van der Waals surface area contributed by atoms with Crippen molar-refractivity contribution in [3.8, 4) is 23.0 Å². The molecule has 0 radical (unpaired) electrons. The second kappa shape index (κ2) is 10.3. The predicted molar refractivity (Wildman–Crippen MR) is 131 cm³/mol. The molecule has 0 bridgehead atoms. The van der Waals surface area contributed by atoms with E-state index in [2.05, 4.69) is 4.98 Å². The minimum Gasteiger partial charge on any atom is -0.493 e. The summed E-state index contributed by atoms with van der Waals surface area (Å²) in [6.45, 7) is 0.264. The van der Waals surface area contributed by atoms with Crippen LogP contribution < -0.4 is 14.2 Å². The van der Waals surface area contributed by atoms with E-state index in [1.807, 2.05) is 30.3 Å². The maximum Gasteiger partial charge on any atom is 0.242 e. The van der Waals surface area contributed by atoms with E-state index in [1.165, 1.54) is 43.9 Å². The van der Waals surface area contributed by atoms with Crippen molar-refractivity contribution in [3.05, 3.63) is 84.3 Å². The van der Waals surface area contributed by atoms with Crippen LogP contribution in [-0.4, -0.2) is 45.5 Å². The molecule has 35 heavy (non-hydrogen) atoms. The van der Waals surface area contributed by atoms with Gasteiger partial charge in [-0.25, -0.2) is 17.1 Å². The first-order chi connectivity index (χ1) is 16.8. The van der Waals surface area contributed by atoms with E-state index in [4.69, 9.17) is 14.2 Å². The molecule has 1 heterocycles. The second-order valence-corrected chi connectivity index (χ2v) is 9.83. The lowest BCUT2D eigenvalue weighted by molar-refractivity contribution is 0.355. The van der Waals surface area contributed by atoms with Gasteiger partial charge in [0.15, 0.2) is 23.1 Å². The summed E-state index contributed by atoms with van der Waals surface area (Å²) >= 11 is 0. The van der Waals surface area contributed by atoms with E-state index in [-0.39, 0.29) is 17.2 Å². The molecule has 4 rings (SSSR count). The Morgan fingerprint density at radius 1 is 0.886 bits per heavy atom. The fourth-order valence-corrected chi connectivity index (χ4v) is 4.80. The Bertz CT molecular complexity index is 1450. The Kier molecular flexibility index (Phi) is 7.18. The molecule has 7 nitrogen and oxygen atoms in total. The van der Waals surface area contributed by atoms with Crippen molar-refractivity contribution in [1.82, 2.24) is 9.29 Å². The van der Waals surface area contributed by atoms with E-state index < -0.39 is 15.8 Å². The van der Waals surface area contributed by atoms with Crippen LogP contribution in [0.3, 0.4) is 0 Å². The highest BCUT2D eigenvalue weighted by Gasteiger charge is 2.23. The number of benzene rings is 3. The highest BCUT2D eigenvalue weighted by atomic mass is 32.2. The third-order valence-electron chi connectivity index (χ3n) is 5.60. The normalized spacial score (nSPS) is 11.6. The molecule has 4 aromatic rings. The van der Waals surface area contributed by atoms with Gasteiger partial charge in [0, 0.05) is 31.2 Å². The number of nitrogens with zero attached hydrogens (tertiary/aromatic N) is 2. The van der Waals surface area contributed by atoms with Crippen molar-refractivity contribution in [3.63, 3.8) is 0 Å². The first-order valence-electron chi connectivity index (χ1n) is 10.8. The van der Waals surface area contributed by atoms with Crippen LogP contribution in [0.1, 0.15) is 5.56 Å². The average molecular weight is 497 g/mol. The molecule has 0 saturated carbocycles. The molecular formula is C26H25FN2O5S. The maximum absolute atomic E-state index is 15.0. The molecule has 3 aromatic carbocycles. The summed E-state index contributed by atoms with van der Waals surface area (Å²) in [6, 6.07) is 18.1. The first kappa shape index (κ1) is 24.4. The molecule has 0 aliphatic rings. The fraction of sp³-hybridized carbons (Fsp3) is 0.192. The third-order valence-corrected chi connectivity index (χ3v) is 7.45. The van der Waals surface area contributed by atoms with Crippen molar-refractivity contribution >= 4 is 20.9 Å². The van der Waals surface area contributed by atoms with Gasteiger partial charge in [-0.05, 0) is 42.3 Å². The molecule has 0 amide bonds. The lowest BCUT2D eigenvalue weighted by Gasteiger charge is -2.18. The molecule has 1 aromatic heterocycles. The predicted octanol–water partition coefficient (Wildman–Crippen LogP) is 5.05. The molecule has 0 saturated heterocycles. The van der Waals surface area contributed by atoms with Gasteiger partial charge < -0.3 is 14.2 Å². The molecule has 0 atom stereocenters. The van der Waals surface area contributed by atoms with Crippen LogP contribution >= 0.6 is 0 Å². The van der Waals surface area contributed by atoms with Crippen molar-refractivity contribution in [1.29, 1.82) is 0 Å². The minimum atomic E-state index is -3.88. The number of aromatic nitrogens is 1. The maximum atomic E-state index is 15.0. The van der Waals surface area contributed by atoms with Gasteiger partial charge in [0.2, 0.25) is 10.0 Å². The van der Waals surface area contributed by atoms with E-state index in [1.54, 1.807) is 18.2 Å². The van der Waals surface area contributed by atoms with Gasteiger partial charge in [0.1, 0.15) is 5.75 Å². The molecule has 0 unspecified atom stereocenters. The molecule has 0 aliphatic heterocycles. The van der Waals surface area contributed by atoms with Crippen LogP contribution in [0.4, 0.5) is 4.39 Å². The zero-order valence-electron chi connectivity index (χ0n) is 19.6. The number of methoxy groups -OCH3 is 2. The lowest BCUT2D eigenvalue weighted by Crippen LogP contribution is -2.29. The minimum absolute atomic E-state index is 0.113. The van der Waals surface area contributed by atoms with Crippen molar-refractivity contribution in [2.24, 2.45) is 0 Å². The quantitative estimate of drug-likeness (QED) is 0.323. The Hall–Kier alpha value is -3.69. The topological polar surface area (TPSA) is 78.0 Å². The third kappa shape index (κ3) is 5.21. The van der Waals surface area contributed by atoms with Gasteiger partial charge in [-0.1, -0.05) is 30.3 Å². The van der Waals surface area contributed by atoms with Gasteiger partial charge in [-0.2, -0.15) is 0 Å². The summed E-state index contributed by atoms with van der Waals surface area (Å²) in [5, 5.41) is 0.585. The summed E-state index contributed by atoms with van der Waals surface area (Å²) in [6.07, 6.45) is 2.08. The molecule has 0 N–H and O–H groups in total. The van der Waals surface area contributed by atoms with E-state index >= 15 is 0 Å². The average Bonchev–Trinajstić information content (AvgIpc) is 2.88. The van der Waals surface area contributed by atoms with Crippen LogP contribution in [0, 0.1) is 5.82 Å². The molecule has 0 spiro atoms. The van der Waals surface area contributed by atoms with Gasteiger partial charge in [-0.15, -0.1) is 0 Å². The molecule has 0 fully saturated rings. The molecule has 182 valence electrons. The number of hydrogen-bond acceptors (Lipinski definition) is 6. The Morgan fingerprint density at radius 2 is 1.60 bits per heavy atom. The summed E-state index contributed by atoms with van der Waals surface area (Å²) < 4.78 is 58.6. The van der Waals surface area contributed by atoms with Crippen LogP contribution in [0.2, 0.25) is 0 Å². The zero-order chi connectivity index (χ0) is 25.0. The standard InChI is InChI=1S/C26H25FN2O5S/c1-29(14-12-18-7-5-4-6-8-18)35(30,31)19-9-10-24(21(27)15-19)34-23-11-13-28-22-17-26(33-3)25(32-2)16-20(22)23/h4-11,13,15-17H,12,14H2,1-3H3. The number of pyridine rings is 1. The fourth-order valence-electron chi connectivity index (χ4n) is 3.61. The van der Waals surface area contributed by atoms with Crippen LogP contribution in [0.15, 0.2) is 77.8 Å². The van der Waals surface area contributed by atoms with Gasteiger partial charge in [0.05, 0.1) is 24.6 Å².